The summed E-state index contributed by atoms with van der Waals surface area (Å²) in [5.41, 5.74) is 6.62. The van der Waals surface area contributed by atoms with Gasteiger partial charge in [0.2, 0.25) is 0 Å². The molecule has 0 amide bonds. The molecule has 0 aliphatic carbocycles. The first-order valence-electron chi connectivity index (χ1n) is 12.7. The van der Waals surface area contributed by atoms with E-state index < -0.39 is 0 Å². The van der Waals surface area contributed by atoms with E-state index in [1.54, 1.807) is 0 Å². The third kappa shape index (κ3) is 5.60. The fraction of sp³-hybridized carbons (Fsp3) is 0.345. The largest absolute Gasteiger partial charge is 0.491 e. The van der Waals surface area contributed by atoms with E-state index in [-0.39, 0.29) is 0 Å². The van der Waals surface area contributed by atoms with Crippen LogP contribution in [0.25, 0.3) is 17.3 Å². The van der Waals surface area contributed by atoms with E-state index in [0.717, 1.165) is 73.2 Å². The number of benzene rings is 2. The summed E-state index contributed by atoms with van der Waals surface area (Å²) < 4.78 is 6.12. The van der Waals surface area contributed by atoms with Gasteiger partial charge in [0.25, 0.3) is 0 Å². The molecule has 0 bridgehead atoms. The Hall–Kier alpha value is -3.51. The molecule has 3 aromatic rings. The number of rotatable bonds is 8. The number of nitrogens with zero attached hydrogens (tertiary/aromatic N) is 2. The number of ether oxygens (including phenoxy) is 1. The molecule has 6 nitrogen and oxygen atoms in total. The predicted molar refractivity (Wildman–Crippen MR) is 145 cm³/mol. The number of hydrogen-bond acceptors (Lipinski definition) is 6. The van der Waals surface area contributed by atoms with Gasteiger partial charge in [-0.25, -0.2) is 4.98 Å². The van der Waals surface area contributed by atoms with E-state index in [4.69, 9.17) is 9.72 Å². The second kappa shape index (κ2) is 10.8. The third-order valence-electron chi connectivity index (χ3n) is 6.56. The average molecular weight is 470 g/mol. The van der Waals surface area contributed by atoms with Crippen LogP contribution in [0.3, 0.4) is 0 Å². The molecule has 35 heavy (non-hydrogen) atoms. The van der Waals surface area contributed by atoms with Gasteiger partial charge in [0, 0.05) is 49.5 Å². The molecule has 0 atom stereocenters. The summed E-state index contributed by atoms with van der Waals surface area (Å²) >= 11 is 0. The van der Waals surface area contributed by atoms with Gasteiger partial charge < -0.3 is 25.6 Å². The lowest BCUT2D eigenvalue weighted by atomic mass is 10.0. The monoisotopic (exact) mass is 469 g/mol. The highest BCUT2D eigenvalue weighted by molar-refractivity contribution is 5.76. The lowest BCUT2D eigenvalue weighted by molar-refractivity contribution is 0.291. The van der Waals surface area contributed by atoms with Gasteiger partial charge in [-0.15, -0.1) is 0 Å². The Balaban J connectivity index is 1.43. The summed E-state index contributed by atoms with van der Waals surface area (Å²) in [5, 5.41) is 10.3. The van der Waals surface area contributed by atoms with Crippen LogP contribution in [0.15, 0.2) is 60.8 Å². The summed E-state index contributed by atoms with van der Waals surface area (Å²) in [5.74, 6) is 2.32. The Morgan fingerprint density at radius 2 is 1.86 bits per heavy atom. The van der Waals surface area contributed by atoms with Crippen molar-refractivity contribution in [2.75, 3.05) is 43.0 Å². The minimum Gasteiger partial charge on any atom is -0.491 e. The molecule has 0 spiro atoms. The molecule has 2 aliphatic heterocycles. The molecule has 3 heterocycles. The molecule has 1 saturated heterocycles. The molecule has 0 radical (unpaired) electrons. The zero-order valence-corrected chi connectivity index (χ0v) is 20.7. The molecule has 2 aromatic carbocycles. The first kappa shape index (κ1) is 23.2. The number of pyridine rings is 1. The van der Waals surface area contributed by atoms with E-state index in [1.165, 1.54) is 11.3 Å². The Kier molecular flexibility index (Phi) is 7.19. The van der Waals surface area contributed by atoms with Gasteiger partial charge in [-0.2, -0.15) is 0 Å². The van der Waals surface area contributed by atoms with Crippen molar-refractivity contribution in [1.82, 2.24) is 15.6 Å². The SMILES string of the molecule is CC(C)CCOc1ccccc1Nc1nc(-c2ccc(N3CCNCC3)cc2)cc2c1CNC=C2. The first-order valence-corrected chi connectivity index (χ1v) is 12.7. The molecular formula is C29H35N5O. The van der Waals surface area contributed by atoms with E-state index in [9.17, 15) is 0 Å². The summed E-state index contributed by atoms with van der Waals surface area (Å²) in [6, 6.07) is 19.1. The molecule has 3 N–H and O–H groups in total. The number of nitrogens with one attached hydrogen (secondary N) is 3. The highest BCUT2D eigenvalue weighted by atomic mass is 16.5. The Morgan fingerprint density at radius 1 is 1.06 bits per heavy atom. The molecule has 0 saturated carbocycles. The van der Waals surface area contributed by atoms with Crippen LogP contribution in [-0.4, -0.2) is 37.8 Å². The van der Waals surface area contributed by atoms with Crippen LogP contribution in [-0.2, 0) is 6.54 Å². The zero-order valence-electron chi connectivity index (χ0n) is 20.7. The van der Waals surface area contributed by atoms with Gasteiger partial charge in [0.15, 0.2) is 0 Å². The number of anilines is 3. The predicted octanol–water partition coefficient (Wildman–Crippen LogP) is 5.40. The molecule has 1 fully saturated rings. The number of piperazine rings is 1. The van der Waals surface area contributed by atoms with E-state index in [2.05, 4.69) is 77.2 Å². The first-order chi connectivity index (χ1) is 17.2. The van der Waals surface area contributed by atoms with Crippen molar-refractivity contribution in [3.05, 3.63) is 71.9 Å². The maximum atomic E-state index is 6.12. The lowest BCUT2D eigenvalue weighted by Gasteiger charge is -2.29. The highest BCUT2D eigenvalue weighted by Gasteiger charge is 2.17. The summed E-state index contributed by atoms with van der Waals surface area (Å²) in [4.78, 5) is 7.51. The van der Waals surface area contributed by atoms with Crippen molar-refractivity contribution in [3.63, 3.8) is 0 Å². The summed E-state index contributed by atoms with van der Waals surface area (Å²) in [7, 11) is 0. The molecule has 5 rings (SSSR count). The average Bonchev–Trinajstić information content (AvgIpc) is 2.90. The topological polar surface area (TPSA) is 61.5 Å². The van der Waals surface area contributed by atoms with Gasteiger partial charge >= 0.3 is 0 Å². The van der Waals surface area contributed by atoms with Crippen molar-refractivity contribution in [2.45, 2.75) is 26.8 Å². The molecule has 0 unspecified atom stereocenters. The summed E-state index contributed by atoms with van der Waals surface area (Å²) in [6.45, 7) is 10.0. The zero-order chi connectivity index (χ0) is 24.0. The van der Waals surface area contributed by atoms with Crippen LogP contribution < -0.4 is 25.6 Å². The molecule has 1 aromatic heterocycles. The van der Waals surface area contributed by atoms with Crippen molar-refractivity contribution >= 4 is 23.3 Å². The molecule has 6 heteroatoms. The smallest absolute Gasteiger partial charge is 0.142 e. The number of hydrogen-bond donors (Lipinski definition) is 3. The van der Waals surface area contributed by atoms with Gasteiger partial charge in [-0.05, 0) is 60.5 Å². The minimum atomic E-state index is 0.608. The second-order valence-corrected chi connectivity index (χ2v) is 9.57. The third-order valence-corrected chi connectivity index (χ3v) is 6.56. The van der Waals surface area contributed by atoms with Crippen LogP contribution in [0.4, 0.5) is 17.2 Å². The quantitative estimate of drug-likeness (QED) is 0.411. The van der Waals surface area contributed by atoms with Gasteiger partial charge in [0.1, 0.15) is 11.6 Å². The normalized spacial score (nSPS) is 15.0. The van der Waals surface area contributed by atoms with Crippen LogP contribution >= 0.6 is 0 Å². The van der Waals surface area contributed by atoms with Crippen LogP contribution in [0, 0.1) is 5.92 Å². The minimum absolute atomic E-state index is 0.608. The maximum Gasteiger partial charge on any atom is 0.142 e. The van der Waals surface area contributed by atoms with Crippen molar-refractivity contribution in [1.29, 1.82) is 0 Å². The number of fused-ring (bicyclic) bond motifs is 1. The van der Waals surface area contributed by atoms with Gasteiger partial charge in [-0.1, -0.05) is 38.1 Å². The Labute approximate surface area is 208 Å². The van der Waals surface area contributed by atoms with Crippen LogP contribution in [0.5, 0.6) is 5.75 Å². The number of aromatic nitrogens is 1. The Morgan fingerprint density at radius 3 is 2.66 bits per heavy atom. The fourth-order valence-electron chi connectivity index (χ4n) is 4.48. The van der Waals surface area contributed by atoms with Crippen LogP contribution in [0.1, 0.15) is 31.4 Å². The van der Waals surface area contributed by atoms with E-state index in [1.807, 2.05) is 24.4 Å². The van der Waals surface area contributed by atoms with Crippen molar-refractivity contribution in [3.8, 4) is 17.0 Å². The lowest BCUT2D eigenvalue weighted by Crippen LogP contribution is -2.43. The summed E-state index contributed by atoms with van der Waals surface area (Å²) in [6.07, 6.45) is 5.15. The standard InChI is InChI=1S/C29H35N5O/c1-21(2)12-18-35-28-6-4-3-5-26(28)32-29-25-20-31-13-11-23(25)19-27(33-29)22-7-9-24(10-8-22)34-16-14-30-15-17-34/h3-11,13,19,21,30-31H,12,14-18,20H2,1-2H3,(H,32,33). The van der Waals surface area contributed by atoms with Gasteiger partial charge in [0.05, 0.1) is 18.0 Å². The van der Waals surface area contributed by atoms with Gasteiger partial charge in [-0.3, -0.25) is 0 Å². The maximum absolute atomic E-state index is 6.12. The highest BCUT2D eigenvalue weighted by Crippen LogP contribution is 2.33. The second-order valence-electron chi connectivity index (χ2n) is 9.57. The molecule has 2 aliphatic rings. The van der Waals surface area contributed by atoms with Crippen molar-refractivity contribution in [2.24, 2.45) is 5.92 Å². The van der Waals surface area contributed by atoms with Crippen LogP contribution in [0.2, 0.25) is 0 Å². The fourth-order valence-corrected chi connectivity index (χ4v) is 4.48. The van der Waals surface area contributed by atoms with E-state index >= 15 is 0 Å². The van der Waals surface area contributed by atoms with Crippen molar-refractivity contribution < 1.29 is 4.74 Å². The Bertz CT molecular complexity index is 1170. The number of para-hydroxylation sites is 2. The molecular weight excluding hydrogens is 434 g/mol. The molecule has 182 valence electrons. The van der Waals surface area contributed by atoms with E-state index in [0.29, 0.717) is 12.5 Å².